The van der Waals surface area contributed by atoms with Crippen LogP contribution in [0.4, 0.5) is 0 Å². The minimum absolute atomic E-state index is 1.21. The standard InChI is InChI=1S/C40H22N2S/c1-4-10-32-26(7-1)30-18-13-23-14-19-31-27-8-2-5-11-33(27)42-35-21-24(16-20-34(35)41(32)39(30)38(23)40(31)42)25-15-17-29-28-9-3-6-12-36(28)43-37(29)22-25/h1-22H. The van der Waals surface area contributed by atoms with Gasteiger partial charge in [0.05, 0.1) is 33.1 Å². The van der Waals surface area contributed by atoms with Crippen molar-refractivity contribution in [2.75, 3.05) is 0 Å². The van der Waals surface area contributed by atoms with Crippen LogP contribution in [-0.2, 0) is 0 Å². The Kier molecular flexibility index (Phi) is 3.99. The Morgan fingerprint density at radius 2 is 0.930 bits per heavy atom. The lowest BCUT2D eigenvalue weighted by molar-refractivity contribution is 1.31. The van der Waals surface area contributed by atoms with E-state index in [9.17, 15) is 0 Å². The smallest absolute Gasteiger partial charge is 0.0709 e. The second kappa shape index (κ2) is 7.71. The van der Waals surface area contributed by atoms with Gasteiger partial charge in [-0.25, -0.2) is 0 Å². The van der Waals surface area contributed by atoms with Crippen molar-refractivity contribution in [3.8, 4) is 11.1 Å². The van der Waals surface area contributed by atoms with Crippen LogP contribution in [-0.4, -0.2) is 8.80 Å². The van der Waals surface area contributed by atoms with E-state index in [0.29, 0.717) is 0 Å². The molecule has 198 valence electrons. The zero-order valence-electron chi connectivity index (χ0n) is 23.0. The van der Waals surface area contributed by atoms with Crippen molar-refractivity contribution in [2.24, 2.45) is 0 Å². The molecule has 11 rings (SSSR count). The van der Waals surface area contributed by atoms with Gasteiger partial charge in [-0.15, -0.1) is 11.3 Å². The molecule has 0 N–H and O–H groups in total. The van der Waals surface area contributed by atoms with Gasteiger partial charge < -0.3 is 8.80 Å². The first-order chi connectivity index (χ1) is 21.3. The van der Waals surface area contributed by atoms with Crippen LogP contribution in [0.1, 0.15) is 0 Å². The van der Waals surface area contributed by atoms with Crippen LogP contribution in [0.3, 0.4) is 0 Å². The topological polar surface area (TPSA) is 8.82 Å². The van der Waals surface area contributed by atoms with E-state index in [4.69, 9.17) is 0 Å². The predicted octanol–water partition coefficient (Wildman–Crippen LogP) is 11.4. The van der Waals surface area contributed by atoms with Gasteiger partial charge in [-0.2, -0.15) is 0 Å². The molecule has 0 saturated heterocycles. The highest BCUT2D eigenvalue weighted by molar-refractivity contribution is 7.25. The highest BCUT2D eigenvalue weighted by Gasteiger charge is 2.21. The summed E-state index contributed by atoms with van der Waals surface area (Å²) < 4.78 is 7.72. The van der Waals surface area contributed by atoms with Crippen LogP contribution < -0.4 is 0 Å². The van der Waals surface area contributed by atoms with Gasteiger partial charge in [0.1, 0.15) is 0 Å². The quantitative estimate of drug-likeness (QED) is 0.188. The molecule has 0 aliphatic rings. The molecule has 0 radical (unpaired) electrons. The molecule has 0 fully saturated rings. The zero-order valence-corrected chi connectivity index (χ0v) is 23.8. The Bertz CT molecular complexity index is 2950. The number of hydrogen-bond donors (Lipinski definition) is 0. The summed E-state index contributed by atoms with van der Waals surface area (Å²) in [6, 6.07) is 49.8. The SMILES string of the molecule is c1ccc2c(c1)sc1cc(-c3ccc4c(c3)n3c5ccccc5c5ccc6ccc7c8ccccc8n4c7c6c53)ccc12. The van der Waals surface area contributed by atoms with Gasteiger partial charge in [-0.3, -0.25) is 0 Å². The van der Waals surface area contributed by atoms with Crippen molar-refractivity contribution in [1.82, 2.24) is 8.80 Å². The van der Waals surface area contributed by atoms with E-state index in [0.717, 1.165) is 0 Å². The number of thiophene rings is 1. The normalized spacial score (nSPS) is 12.7. The van der Waals surface area contributed by atoms with E-state index >= 15 is 0 Å². The van der Waals surface area contributed by atoms with Gasteiger partial charge in [-0.05, 0) is 52.9 Å². The van der Waals surface area contributed by atoms with Gasteiger partial charge in [0.25, 0.3) is 0 Å². The third-order valence-corrected chi connectivity index (χ3v) is 10.8. The predicted molar refractivity (Wildman–Crippen MR) is 185 cm³/mol. The molecule has 0 saturated carbocycles. The number of aromatic nitrogens is 2. The number of fused-ring (bicyclic) bond motifs is 12. The molecule has 0 aliphatic heterocycles. The average Bonchev–Trinajstić information content (AvgIpc) is 3.69. The van der Waals surface area contributed by atoms with Crippen molar-refractivity contribution in [3.63, 3.8) is 0 Å². The van der Waals surface area contributed by atoms with Gasteiger partial charge in [0.15, 0.2) is 0 Å². The van der Waals surface area contributed by atoms with E-state index < -0.39 is 0 Å². The second-order valence-electron chi connectivity index (χ2n) is 11.7. The number of para-hydroxylation sites is 2. The highest BCUT2D eigenvalue weighted by atomic mass is 32.1. The molecule has 11 aromatic rings. The first-order valence-electron chi connectivity index (χ1n) is 14.8. The molecule has 0 unspecified atom stereocenters. The highest BCUT2D eigenvalue weighted by Crippen LogP contribution is 2.44. The first-order valence-corrected chi connectivity index (χ1v) is 15.6. The summed E-state index contributed by atoms with van der Waals surface area (Å²) in [5.41, 5.74) is 9.99. The van der Waals surface area contributed by atoms with Gasteiger partial charge in [0, 0.05) is 47.1 Å². The van der Waals surface area contributed by atoms with Gasteiger partial charge in [-0.1, -0.05) is 97.1 Å². The Hall–Kier alpha value is -5.38. The Morgan fingerprint density at radius 3 is 1.67 bits per heavy atom. The molecule has 43 heavy (non-hydrogen) atoms. The molecular weight excluding hydrogens is 541 g/mol. The fourth-order valence-corrected chi connectivity index (χ4v) is 8.94. The average molecular weight is 563 g/mol. The summed E-state index contributed by atoms with van der Waals surface area (Å²) in [6.07, 6.45) is 0. The van der Waals surface area contributed by atoms with Crippen LogP contribution in [0.25, 0.3) is 96.7 Å². The largest absolute Gasteiger partial charge is 0.306 e. The summed E-state index contributed by atoms with van der Waals surface area (Å²) in [5, 5.41) is 10.5. The fraction of sp³-hybridized carbons (Fsp3) is 0. The Balaban J connectivity index is 1.37. The van der Waals surface area contributed by atoms with E-state index in [1.54, 1.807) is 0 Å². The van der Waals surface area contributed by atoms with Crippen LogP contribution in [0, 0.1) is 0 Å². The van der Waals surface area contributed by atoms with Crippen LogP contribution in [0.5, 0.6) is 0 Å². The molecule has 0 bridgehead atoms. The molecule has 0 amide bonds. The Labute approximate surface area is 249 Å². The van der Waals surface area contributed by atoms with Crippen molar-refractivity contribution in [3.05, 3.63) is 133 Å². The van der Waals surface area contributed by atoms with Crippen molar-refractivity contribution < 1.29 is 0 Å². The van der Waals surface area contributed by atoms with E-state index in [1.807, 2.05) is 11.3 Å². The van der Waals surface area contributed by atoms with Gasteiger partial charge in [0.2, 0.25) is 0 Å². The third kappa shape index (κ3) is 2.69. The summed E-state index contributed by atoms with van der Waals surface area (Å²) >= 11 is 1.88. The lowest BCUT2D eigenvalue weighted by atomic mass is 10.0. The molecule has 0 spiro atoms. The molecule has 4 aromatic heterocycles. The number of benzene rings is 7. The summed E-state index contributed by atoms with van der Waals surface area (Å²) in [6.45, 7) is 0. The second-order valence-corrected chi connectivity index (χ2v) is 12.8. The minimum atomic E-state index is 1.21. The number of rotatable bonds is 1. The zero-order chi connectivity index (χ0) is 27.8. The van der Waals surface area contributed by atoms with Crippen molar-refractivity contribution >= 4 is 96.9 Å². The Morgan fingerprint density at radius 1 is 0.372 bits per heavy atom. The van der Waals surface area contributed by atoms with Crippen molar-refractivity contribution in [2.45, 2.75) is 0 Å². The fourth-order valence-electron chi connectivity index (χ4n) is 7.79. The molecule has 4 heterocycles. The monoisotopic (exact) mass is 562 g/mol. The molecule has 3 heteroatoms. The maximum absolute atomic E-state index is 2.53. The van der Waals surface area contributed by atoms with E-state index in [1.165, 1.54) is 96.7 Å². The molecule has 7 aromatic carbocycles. The van der Waals surface area contributed by atoms with Crippen LogP contribution in [0.2, 0.25) is 0 Å². The third-order valence-electron chi connectivity index (χ3n) is 9.62. The van der Waals surface area contributed by atoms with Gasteiger partial charge >= 0.3 is 0 Å². The van der Waals surface area contributed by atoms with Crippen molar-refractivity contribution in [1.29, 1.82) is 0 Å². The summed E-state index contributed by atoms with van der Waals surface area (Å²) in [7, 11) is 0. The van der Waals surface area contributed by atoms with E-state index in [2.05, 4.69) is 142 Å². The maximum Gasteiger partial charge on any atom is 0.0709 e. The molecular formula is C40H22N2S. The molecule has 0 aliphatic carbocycles. The summed E-state index contributed by atoms with van der Waals surface area (Å²) in [4.78, 5) is 0. The molecule has 0 atom stereocenters. The molecule has 2 nitrogen and oxygen atoms in total. The lowest BCUT2D eigenvalue weighted by Crippen LogP contribution is -1.90. The first kappa shape index (κ1) is 22.2. The number of hydrogen-bond acceptors (Lipinski definition) is 1. The van der Waals surface area contributed by atoms with E-state index in [-0.39, 0.29) is 0 Å². The van der Waals surface area contributed by atoms with Crippen LogP contribution >= 0.6 is 11.3 Å². The lowest BCUT2D eigenvalue weighted by Gasteiger charge is -2.08. The minimum Gasteiger partial charge on any atom is -0.306 e. The maximum atomic E-state index is 2.53. The van der Waals surface area contributed by atoms with Crippen LogP contribution in [0.15, 0.2) is 133 Å². The number of nitrogens with zero attached hydrogens (tertiary/aromatic N) is 2. The summed E-state index contributed by atoms with van der Waals surface area (Å²) in [5.74, 6) is 0.